The summed E-state index contributed by atoms with van der Waals surface area (Å²) in [5, 5.41) is 11.9. The van der Waals surface area contributed by atoms with Gasteiger partial charge in [-0.15, -0.1) is 0 Å². The molecule has 2 bridgehead atoms. The summed E-state index contributed by atoms with van der Waals surface area (Å²) < 4.78 is 1.12. The number of para-hydroxylation sites is 1. The summed E-state index contributed by atoms with van der Waals surface area (Å²) in [6.07, 6.45) is 0. The van der Waals surface area contributed by atoms with Crippen molar-refractivity contribution in [2.75, 3.05) is 4.90 Å². The molecule has 0 fully saturated rings. The molecule has 6 aromatic rings. The molecule has 0 saturated heterocycles. The predicted octanol–water partition coefficient (Wildman–Crippen LogP) is 4.16. The van der Waals surface area contributed by atoms with Crippen molar-refractivity contribution >= 4 is 34.0 Å². The molecule has 37 heavy (non-hydrogen) atoms. The second-order valence-corrected chi connectivity index (χ2v) is 8.52. The fraction of sp³-hybridized carbons (Fsp3) is 0. The lowest BCUT2D eigenvalue weighted by molar-refractivity contribution is -0.384. The molecule has 7 rings (SSSR count). The second-order valence-electron chi connectivity index (χ2n) is 8.52. The van der Waals surface area contributed by atoms with E-state index in [-0.39, 0.29) is 22.5 Å². The van der Waals surface area contributed by atoms with E-state index < -0.39 is 27.9 Å². The Morgan fingerprint density at radius 1 is 0.622 bits per heavy atom. The number of nitro benzene ring substituents is 1. The fourth-order valence-corrected chi connectivity index (χ4v) is 4.63. The van der Waals surface area contributed by atoms with Crippen molar-refractivity contribution in [1.82, 2.24) is 4.57 Å². The second kappa shape index (κ2) is 8.06. The van der Waals surface area contributed by atoms with Gasteiger partial charge in [0.15, 0.2) is 0 Å². The molecule has 3 heterocycles. The number of aromatic nitrogens is 1. The third kappa shape index (κ3) is 3.33. The van der Waals surface area contributed by atoms with E-state index in [0.29, 0.717) is 27.6 Å². The molecule has 0 radical (unpaired) electrons. The van der Waals surface area contributed by atoms with Crippen LogP contribution in [0, 0.1) is 10.1 Å². The third-order valence-corrected chi connectivity index (χ3v) is 6.43. The predicted molar refractivity (Wildman–Crippen MR) is 137 cm³/mol. The van der Waals surface area contributed by atoms with Gasteiger partial charge in [0.2, 0.25) is 0 Å². The van der Waals surface area contributed by atoms with Gasteiger partial charge in [0.05, 0.1) is 27.4 Å². The highest BCUT2D eigenvalue weighted by Gasteiger charge is 2.38. The maximum atomic E-state index is 13.2. The van der Waals surface area contributed by atoms with Crippen LogP contribution in [0.5, 0.6) is 0 Å². The highest BCUT2D eigenvalue weighted by molar-refractivity contribution is 6.34. The standard InChI is InChI=1S/C28H15N3O6/c32-25-16-8-9-17(11-10-16)26(33)30(25)24-7-2-1-6-21(24)18-4-3-5-19(14-18)29-27(34)22-13-12-20(31(36)37)15-23(22)28(29)35/h1-15H. The van der Waals surface area contributed by atoms with Crippen molar-refractivity contribution in [3.63, 3.8) is 0 Å². The van der Waals surface area contributed by atoms with Crippen LogP contribution in [0.2, 0.25) is 0 Å². The average Bonchev–Trinajstić information content (AvgIpc) is 3.03. The van der Waals surface area contributed by atoms with Gasteiger partial charge in [-0.3, -0.25) is 29.3 Å². The van der Waals surface area contributed by atoms with Crippen molar-refractivity contribution < 1.29 is 14.5 Å². The van der Waals surface area contributed by atoms with Crippen LogP contribution in [0.15, 0.2) is 101 Å². The van der Waals surface area contributed by atoms with Gasteiger partial charge in [0.25, 0.3) is 28.6 Å². The van der Waals surface area contributed by atoms with Gasteiger partial charge in [-0.05, 0) is 54.1 Å². The van der Waals surface area contributed by atoms with E-state index in [4.69, 9.17) is 0 Å². The highest BCUT2D eigenvalue weighted by atomic mass is 16.6. The molecule has 0 unspecified atom stereocenters. The number of fused-ring (bicyclic) bond motifs is 5. The molecule has 0 N–H and O–H groups in total. The van der Waals surface area contributed by atoms with E-state index in [1.165, 1.54) is 12.1 Å². The van der Waals surface area contributed by atoms with E-state index in [1.54, 1.807) is 72.8 Å². The molecule has 0 spiro atoms. The molecule has 1 aliphatic heterocycles. The average molecular weight is 489 g/mol. The number of rotatable bonds is 4. The number of hydrogen-bond donors (Lipinski definition) is 0. The number of nitrogens with zero attached hydrogens (tertiary/aromatic N) is 3. The van der Waals surface area contributed by atoms with Crippen LogP contribution in [0.25, 0.3) is 27.6 Å². The summed E-state index contributed by atoms with van der Waals surface area (Å²) >= 11 is 0. The van der Waals surface area contributed by atoms with Gasteiger partial charge in [0, 0.05) is 28.5 Å². The van der Waals surface area contributed by atoms with Crippen LogP contribution in [0.3, 0.4) is 0 Å². The number of anilines is 1. The zero-order chi connectivity index (χ0) is 25.8. The lowest BCUT2D eigenvalue weighted by Gasteiger charge is -2.16. The molecule has 9 nitrogen and oxygen atoms in total. The van der Waals surface area contributed by atoms with Crippen molar-refractivity contribution in [3.8, 4) is 16.8 Å². The van der Waals surface area contributed by atoms with Crippen LogP contribution in [0.4, 0.5) is 11.4 Å². The maximum Gasteiger partial charge on any atom is 0.270 e. The maximum absolute atomic E-state index is 13.2. The SMILES string of the molecule is O=C1c2ccc([N+](=O)[O-])cc2C(=O)N1c1cccc(-c2ccccc2-n2c(=O)c3ccc(cc3)c2=O)c1. The summed E-state index contributed by atoms with van der Waals surface area (Å²) in [5.41, 5.74) is 0.527. The van der Waals surface area contributed by atoms with E-state index in [2.05, 4.69) is 0 Å². The summed E-state index contributed by atoms with van der Waals surface area (Å²) in [6.45, 7) is 0. The van der Waals surface area contributed by atoms with Crippen LogP contribution >= 0.6 is 0 Å². The van der Waals surface area contributed by atoms with Gasteiger partial charge >= 0.3 is 0 Å². The van der Waals surface area contributed by atoms with Crippen molar-refractivity contribution in [2.24, 2.45) is 0 Å². The largest absolute Gasteiger partial charge is 0.270 e. The van der Waals surface area contributed by atoms with E-state index >= 15 is 0 Å². The first-order valence-corrected chi connectivity index (χ1v) is 11.2. The molecular formula is C28H15N3O6. The van der Waals surface area contributed by atoms with Gasteiger partial charge in [-0.25, -0.2) is 9.47 Å². The van der Waals surface area contributed by atoms with Crippen molar-refractivity contribution in [3.05, 3.63) is 133 Å². The number of carbonyl (C=O) groups excluding carboxylic acids is 2. The first-order valence-electron chi connectivity index (χ1n) is 11.2. The zero-order valence-electron chi connectivity index (χ0n) is 19.0. The first kappa shape index (κ1) is 22.1. The molecule has 2 aromatic heterocycles. The summed E-state index contributed by atoms with van der Waals surface area (Å²) in [7, 11) is 0. The monoisotopic (exact) mass is 489 g/mol. The number of amides is 2. The van der Waals surface area contributed by atoms with E-state index in [9.17, 15) is 29.3 Å². The summed E-state index contributed by atoms with van der Waals surface area (Å²) in [4.78, 5) is 64.0. The minimum atomic E-state index is -0.673. The van der Waals surface area contributed by atoms with Crippen LogP contribution in [-0.4, -0.2) is 21.3 Å². The summed E-state index contributed by atoms with van der Waals surface area (Å²) in [5.74, 6) is -1.27. The Labute approximate surface area is 207 Å². The van der Waals surface area contributed by atoms with Crippen LogP contribution < -0.4 is 16.0 Å². The van der Waals surface area contributed by atoms with Gasteiger partial charge in [-0.2, -0.15) is 0 Å². The normalized spacial score (nSPS) is 12.8. The van der Waals surface area contributed by atoms with Gasteiger partial charge in [-0.1, -0.05) is 30.3 Å². The minimum absolute atomic E-state index is 0.0460. The summed E-state index contributed by atoms with van der Waals surface area (Å²) in [6, 6.07) is 23.4. The Balaban J connectivity index is 1.49. The highest BCUT2D eigenvalue weighted by Crippen LogP contribution is 2.34. The van der Waals surface area contributed by atoms with Crippen LogP contribution in [0.1, 0.15) is 20.7 Å². The zero-order valence-corrected chi connectivity index (χ0v) is 19.0. The minimum Gasteiger partial charge on any atom is -0.268 e. The molecule has 0 atom stereocenters. The Morgan fingerprint density at radius 2 is 1.27 bits per heavy atom. The lowest BCUT2D eigenvalue weighted by atomic mass is 10.0. The smallest absolute Gasteiger partial charge is 0.268 e. The molecule has 4 aromatic carbocycles. The number of benzene rings is 4. The number of hydrogen-bond acceptors (Lipinski definition) is 6. The lowest BCUT2D eigenvalue weighted by Crippen LogP contribution is -2.29. The quantitative estimate of drug-likeness (QED) is 0.212. The Hall–Kier alpha value is -5.44. The number of carbonyl (C=O) groups is 2. The third-order valence-electron chi connectivity index (χ3n) is 6.43. The Kier molecular flexibility index (Phi) is 4.80. The Bertz CT molecular complexity index is 1840. The molecule has 1 aliphatic rings. The fourth-order valence-electron chi connectivity index (χ4n) is 4.63. The van der Waals surface area contributed by atoms with Crippen molar-refractivity contribution in [1.29, 1.82) is 0 Å². The molecule has 2 amide bonds. The molecule has 178 valence electrons. The van der Waals surface area contributed by atoms with Gasteiger partial charge in [0.1, 0.15) is 0 Å². The molecule has 0 aliphatic carbocycles. The van der Waals surface area contributed by atoms with Crippen molar-refractivity contribution in [2.45, 2.75) is 0 Å². The molecule has 0 saturated carbocycles. The van der Waals surface area contributed by atoms with Crippen LogP contribution in [-0.2, 0) is 0 Å². The Morgan fingerprint density at radius 3 is 1.95 bits per heavy atom. The first-order chi connectivity index (χ1) is 17.8. The number of nitro groups is 1. The topological polar surface area (TPSA) is 120 Å². The number of non-ortho nitro benzene ring substituents is 1. The molecule has 9 heteroatoms. The molecular weight excluding hydrogens is 474 g/mol. The van der Waals surface area contributed by atoms with E-state index in [1.807, 2.05) is 0 Å². The van der Waals surface area contributed by atoms with E-state index in [0.717, 1.165) is 15.5 Å². The van der Waals surface area contributed by atoms with Gasteiger partial charge < -0.3 is 0 Å². The number of imide groups is 1.